The number of carbonyl (C=O) groups excluding carboxylic acids is 1. The van der Waals surface area contributed by atoms with Crippen LogP contribution in [0.25, 0.3) is 0 Å². The molecule has 20 heavy (non-hydrogen) atoms. The summed E-state index contributed by atoms with van der Waals surface area (Å²) in [6.07, 6.45) is 0.827. The van der Waals surface area contributed by atoms with Crippen molar-refractivity contribution in [3.05, 3.63) is 40.6 Å². The SMILES string of the molecule is Cc1c(Cl)ccc(N2C(=O)C=C(F)N3CCN=C32)c1F. The van der Waals surface area contributed by atoms with Crippen LogP contribution in [-0.4, -0.2) is 29.9 Å². The van der Waals surface area contributed by atoms with Gasteiger partial charge in [0, 0.05) is 17.1 Å². The van der Waals surface area contributed by atoms with Gasteiger partial charge in [-0.15, -0.1) is 0 Å². The summed E-state index contributed by atoms with van der Waals surface area (Å²) >= 11 is 5.84. The molecule has 3 rings (SSSR count). The van der Waals surface area contributed by atoms with E-state index in [1.54, 1.807) is 0 Å². The van der Waals surface area contributed by atoms with Crippen LogP contribution in [0, 0.1) is 12.7 Å². The van der Waals surface area contributed by atoms with Gasteiger partial charge in [-0.2, -0.15) is 4.39 Å². The van der Waals surface area contributed by atoms with Gasteiger partial charge in [-0.1, -0.05) is 11.6 Å². The molecule has 2 aliphatic heterocycles. The number of nitrogens with zero attached hydrogens (tertiary/aromatic N) is 3. The lowest BCUT2D eigenvalue weighted by molar-refractivity contribution is -0.113. The summed E-state index contributed by atoms with van der Waals surface area (Å²) in [6.45, 7) is 2.20. The van der Waals surface area contributed by atoms with Crippen molar-refractivity contribution in [1.29, 1.82) is 0 Å². The molecule has 0 bridgehead atoms. The van der Waals surface area contributed by atoms with E-state index in [0.29, 0.717) is 13.1 Å². The standard InChI is InChI=1S/C13H10ClF2N3O/c1-7-8(14)2-3-9(12(7)16)19-11(20)6-10(15)18-5-4-17-13(18)19/h2-3,6H,4-5H2,1H3. The second-order valence-electron chi connectivity index (χ2n) is 4.48. The fraction of sp³-hybridized carbons (Fsp3) is 0.231. The largest absolute Gasteiger partial charge is 0.286 e. The van der Waals surface area contributed by atoms with Gasteiger partial charge in [0.2, 0.25) is 11.9 Å². The van der Waals surface area contributed by atoms with Gasteiger partial charge in [-0.05, 0) is 19.1 Å². The normalized spacial score (nSPS) is 18.1. The predicted octanol–water partition coefficient (Wildman–Crippen LogP) is 2.62. The Morgan fingerprint density at radius 3 is 2.85 bits per heavy atom. The van der Waals surface area contributed by atoms with Crippen LogP contribution >= 0.6 is 11.6 Å². The molecule has 0 aromatic heterocycles. The minimum atomic E-state index is -0.673. The van der Waals surface area contributed by atoms with E-state index in [-0.39, 0.29) is 22.2 Å². The minimum absolute atomic E-state index is 0.0197. The fourth-order valence-corrected chi connectivity index (χ4v) is 2.36. The summed E-state index contributed by atoms with van der Waals surface area (Å²) in [4.78, 5) is 18.4. The highest BCUT2D eigenvalue weighted by Crippen LogP contribution is 2.31. The number of guanidine groups is 1. The molecule has 4 nitrogen and oxygen atoms in total. The van der Waals surface area contributed by atoms with E-state index in [1.165, 1.54) is 24.0 Å². The molecule has 0 spiro atoms. The Labute approximate surface area is 118 Å². The first-order valence-corrected chi connectivity index (χ1v) is 6.36. The molecule has 0 saturated heterocycles. The summed E-state index contributed by atoms with van der Waals surface area (Å²) in [6, 6.07) is 2.88. The summed E-state index contributed by atoms with van der Waals surface area (Å²) in [5, 5.41) is 0.266. The van der Waals surface area contributed by atoms with Crippen molar-refractivity contribution in [2.24, 2.45) is 4.99 Å². The van der Waals surface area contributed by atoms with Crippen molar-refractivity contribution in [2.75, 3.05) is 18.0 Å². The maximum Gasteiger partial charge on any atom is 0.262 e. The topological polar surface area (TPSA) is 35.9 Å². The second-order valence-corrected chi connectivity index (χ2v) is 4.89. The molecule has 0 aliphatic carbocycles. The van der Waals surface area contributed by atoms with Crippen molar-refractivity contribution in [3.63, 3.8) is 0 Å². The van der Waals surface area contributed by atoms with Crippen molar-refractivity contribution in [2.45, 2.75) is 6.92 Å². The van der Waals surface area contributed by atoms with Gasteiger partial charge in [0.15, 0.2) is 5.82 Å². The molecule has 104 valence electrons. The van der Waals surface area contributed by atoms with E-state index >= 15 is 0 Å². The molecule has 1 amide bonds. The highest BCUT2D eigenvalue weighted by molar-refractivity contribution is 6.31. The van der Waals surface area contributed by atoms with Gasteiger partial charge in [-0.25, -0.2) is 9.29 Å². The van der Waals surface area contributed by atoms with Crippen LogP contribution in [0.4, 0.5) is 14.5 Å². The Morgan fingerprint density at radius 1 is 1.35 bits per heavy atom. The molecule has 0 unspecified atom stereocenters. The maximum absolute atomic E-state index is 14.3. The fourth-order valence-electron chi connectivity index (χ4n) is 2.22. The van der Waals surface area contributed by atoms with E-state index < -0.39 is 17.7 Å². The van der Waals surface area contributed by atoms with Gasteiger partial charge >= 0.3 is 0 Å². The average molecular weight is 298 g/mol. The van der Waals surface area contributed by atoms with E-state index in [4.69, 9.17) is 11.6 Å². The Morgan fingerprint density at radius 2 is 2.10 bits per heavy atom. The summed E-state index contributed by atoms with van der Waals surface area (Å²) < 4.78 is 28.0. The zero-order valence-electron chi connectivity index (χ0n) is 10.5. The highest BCUT2D eigenvalue weighted by Gasteiger charge is 2.36. The van der Waals surface area contributed by atoms with Gasteiger partial charge in [-0.3, -0.25) is 14.7 Å². The third kappa shape index (κ3) is 1.79. The first-order valence-electron chi connectivity index (χ1n) is 5.98. The van der Waals surface area contributed by atoms with Gasteiger partial charge in [0.1, 0.15) is 0 Å². The molecule has 0 fully saturated rings. The van der Waals surface area contributed by atoms with E-state index in [9.17, 15) is 13.6 Å². The molecule has 2 aliphatic rings. The van der Waals surface area contributed by atoms with Crippen LogP contribution in [0.15, 0.2) is 29.2 Å². The number of amides is 1. The number of halogens is 3. The number of hydrogen-bond acceptors (Lipinski definition) is 3. The minimum Gasteiger partial charge on any atom is -0.286 e. The Bertz CT molecular complexity index is 672. The van der Waals surface area contributed by atoms with Crippen LogP contribution < -0.4 is 4.90 Å². The van der Waals surface area contributed by atoms with Crippen molar-refractivity contribution < 1.29 is 13.6 Å². The van der Waals surface area contributed by atoms with Gasteiger partial charge in [0.25, 0.3) is 5.91 Å². The average Bonchev–Trinajstić information content (AvgIpc) is 2.88. The van der Waals surface area contributed by atoms with Crippen molar-refractivity contribution in [1.82, 2.24) is 4.90 Å². The number of hydrogen-bond donors (Lipinski definition) is 0. The van der Waals surface area contributed by atoms with E-state index in [0.717, 1.165) is 11.0 Å². The third-order valence-electron chi connectivity index (χ3n) is 3.28. The monoisotopic (exact) mass is 297 g/mol. The summed E-state index contributed by atoms with van der Waals surface area (Å²) in [7, 11) is 0. The summed E-state index contributed by atoms with van der Waals surface area (Å²) in [5.74, 6) is -1.85. The first-order chi connectivity index (χ1) is 9.50. The molecule has 0 radical (unpaired) electrons. The second kappa shape index (κ2) is 4.56. The lowest BCUT2D eigenvalue weighted by Gasteiger charge is -2.31. The number of rotatable bonds is 1. The smallest absolute Gasteiger partial charge is 0.262 e. The molecule has 1 aromatic rings. The van der Waals surface area contributed by atoms with Crippen molar-refractivity contribution in [3.8, 4) is 0 Å². The maximum atomic E-state index is 14.3. The van der Waals surface area contributed by atoms with Crippen LogP contribution in [0.3, 0.4) is 0 Å². The Kier molecular flexibility index (Phi) is 2.97. The van der Waals surface area contributed by atoms with Crippen LogP contribution in [0.1, 0.15) is 5.56 Å². The van der Waals surface area contributed by atoms with Crippen LogP contribution in [-0.2, 0) is 4.79 Å². The molecule has 0 atom stereocenters. The highest BCUT2D eigenvalue weighted by atomic mass is 35.5. The van der Waals surface area contributed by atoms with Crippen molar-refractivity contribution >= 4 is 29.2 Å². The predicted molar refractivity (Wildman–Crippen MR) is 71.8 cm³/mol. The molecule has 1 aromatic carbocycles. The van der Waals surface area contributed by atoms with E-state index in [1.807, 2.05) is 0 Å². The molecule has 0 N–H and O–H groups in total. The lowest BCUT2D eigenvalue weighted by atomic mass is 10.1. The molecule has 0 saturated carbocycles. The molecule has 2 heterocycles. The zero-order valence-corrected chi connectivity index (χ0v) is 11.3. The molecule has 7 heteroatoms. The van der Waals surface area contributed by atoms with Crippen LogP contribution in [0.2, 0.25) is 5.02 Å². The number of benzene rings is 1. The zero-order chi connectivity index (χ0) is 14.4. The van der Waals surface area contributed by atoms with Gasteiger partial charge < -0.3 is 0 Å². The number of carbonyl (C=O) groups is 1. The number of aliphatic imine (C=N–C) groups is 1. The molecular weight excluding hydrogens is 288 g/mol. The van der Waals surface area contributed by atoms with Gasteiger partial charge in [0.05, 0.1) is 18.3 Å². The lowest BCUT2D eigenvalue weighted by Crippen LogP contribution is -2.48. The third-order valence-corrected chi connectivity index (χ3v) is 3.69. The van der Waals surface area contributed by atoms with E-state index in [2.05, 4.69) is 4.99 Å². The van der Waals surface area contributed by atoms with Crippen LogP contribution in [0.5, 0.6) is 0 Å². The quantitative estimate of drug-likeness (QED) is 0.747. The number of anilines is 1. The molecular formula is C13H10ClF2N3O. The summed E-state index contributed by atoms with van der Waals surface area (Å²) in [5.41, 5.74) is 0.253. The Balaban J connectivity index is 2.15. The Hall–Kier alpha value is -1.95. The number of fused-ring (bicyclic) bond motifs is 1. The first kappa shape index (κ1) is 13.1.